The van der Waals surface area contributed by atoms with Crippen LogP contribution in [0.2, 0.25) is 5.02 Å². The number of aryl methyl sites for hydroxylation is 1. The monoisotopic (exact) mass is 558 g/mol. The fraction of sp³-hybridized carbons (Fsp3) is 0.192. The van der Waals surface area contributed by atoms with Gasteiger partial charge < -0.3 is 4.74 Å². The van der Waals surface area contributed by atoms with Crippen LogP contribution < -0.4 is 15.7 Å². The van der Waals surface area contributed by atoms with Crippen LogP contribution in [0.3, 0.4) is 0 Å². The summed E-state index contributed by atoms with van der Waals surface area (Å²) >= 11 is 6.06. The van der Waals surface area contributed by atoms with Crippen molar-refractivity contribution in [3.05, 3.63) is 81.4 Å². The molecule has 0 spiro atoms. The third kappa shape index (κ3) is 6.34. The van der Waals surface area contributed by atoms with E-state index in [4.69, 9.17) is 16.3 Å². The predicted molar refractivity (Wildman–Crippen MR) is 141 cm³/mol. The van der Waals surface area contributed by atoms with Crippen LogP contribution in [0.15, 0.2) is 75.8 Å². The molecule has 0 aliphatic carbocycles. The number of aromatic nitrogens is 3. The first-order valence-corrected chi connectivity index (χ1v) is 11.8. The lowest BCUT2D eigenvalue weighted by Gasteiger charge is -2.23. The van der Waals surface area contributed by atoms with E-state index >= 15 is 0 Å². The molecule has 1 amide bonds. The van der Waals surface area contributed by atoms with Gasteiger partial charge in [0, 0.05) is 42.5 Å². The number of benzene rings is 1. The highest BCUT2D eigenvalue weighted by Crippen LogP contribution is 2.36. The van der Waals surface area contributed by atoms with E-state index in [0.29, 0.717) is 33.7 Å². The van der Waals surface area contributed by atoms with Crippen LogP contribution in [0, 0.1) is 0 Å². The van der Waals surface area contributed by atoms with Crippen LogP contribution in [0.5, 0.6) is 5.88 Å². The average Bonchev–Trinajstić information content (AvgIpc) is 3.16. The maximum atomic E-state index is 13.4. The number of hydrogen-bond donors (Lipinski definition) is 1. The second-order valence-corrected chi connectivity index (χ2v) is 8.79. The number of anilines is 1. The minimum absolute atomic E-state index is 0.0862. The lowest BCUT2D eigenvalue weighted by Crippen LogP contribution is -2.33. The molecule has 0 bridgehead atoms. The number of rotatable bonds is 8. The van der Waals surface area contributed by atoms with Crippen LogP contribution in [0.1, 0.15) is 6.42 Å². The molecule has 9 nitrogen and oxygen atoms in total. The van der Waals surface area contributed by atoms with E-state index in [1.807, 2.05) is 0 Å². The normalized spacial score (nSPS) is 13.3. The highest BCUT2D eigenvalue weighted by Gasteiger charge is 2.33. The quantitative estimate of drug-likeness (QED) is 0.315. The molecule has 3 aromatic rings. The number of halogens is 4. The Bertz CT molecular complexity index is 1530. The number of hydrazine groups is 1. The first-order valence-electron chi connectivity index (χ1n) is 11.5. The molecule has 13 heteroatoms. The zero-order valence-corrected chi connectivity index (χ0v) is 21.5. The number of alkyl halides is 3. The smallest absolute Gasteiger partial charge is 0.433 e. The van der Waals surface area contributed by atoms with Crippen LogP contribution in [-0.4, -0.2) is 52.2 Å². The van der Waals surface area contributed by atoms with Crippen molar-refractivity contribution in [2.45, 2.75) is 12.6 Å². The SMILES string of the molecule is COc1cc(-c2c(NN(C=O)CC3=CC=C(C(F)(F)F)N=CC3)nn(C)c(=O)c2-c2ccc(Cl)cc2)ccn1. The van der Waals surface area contributed by atoms with Gasteiger partial charge >= 0.3 is 6.18 Å². The number of nitrogens with zero attached hydrogens (tertiary/aromatic N) is 5. The molecule has 1 aliphatic heterocycles. The van der Waals surface area contributed by atoms with Gasteiger partial charge in [0.25, 0.3) is 5.56 Å². The van der Waals surface area contributed by atoms with Gasteiger partial charge in [-0.25, -0.2) is 9.67 Å². The molecule has 0 saturated heterocycles. The molecule has 0 fully saturated rings. The third-order valence-corrected chi connectivity index (χ3v) is 5.96. The summed E-state index contributed by atoms with van der Waals surface area (Å²) in [5.74, 6) is 0.417. The van der Waals surface area contributed by atoms with Gasteiger partial charge in [0.2, 0.25) is 12.3 Å². The standard InChI is InChI=1S/C26H22ClF3N6O3/c1-35-25(38)23(17-4-6-19(27)7-5-17)22(18-10-12-32-21(13-18)39-2)24(33-35)34-36(15-37)14-16-3-8-20(26(28,29)30)31-11-9-16/h3-8,10-13,15H,9,14H2,1-2H3,(H,33,34). The number of hydrogen-bond acceptors (Lipinski definition) is 7. The molecule has 1 N–H and O–H groups in total. The summed E-state index contributed by atoms with van der Waals surface area (Å²) in [7, 11) is 2.91. The number of carbonyl (C=O) groups excluding carboxylic acids is 1. The van der Waals surface area contributed by atoms with Crippen LogP contribution in [0.4, 0.5) is 19.0 Å². The molecule has 1 aliphatic rings. The summed E-state index contributed by atoms with van der Waals surface area (Å²) in [5, 5.41) is 5.95. The zero-order valence-electron chi connectivity index (χ0n) is 20.7. The lowest BCUT2D eigenvalue weighted by molar-refractivity contribution is -0.116. The largest absolute Gasteiger partial charge is 0.481 e. The summed E-state index contributed by atoms with van der Waals surface area (Å²) in [4.78, 5) is 33.0. The van der Waals surface area contributed by atoms with E-state index in [1.165, 1.54) is 26.4 Å². The Hall–Kier alpha value is -4.45. The second kappa shape index (κ2) is 11.5. The topological polar surface area (TPSA) is 102 Å². The molecule has 3 heterocycles. The van der Waals surface area contributed by atoms with Crippen LogP contribution in [0.25, 0.3) is 22.3 Å². The molecule has 4 rings (SSSR count). The van der Waals surface area contributed by atoms with Gasteiger partial charge in [-0.2, -0.15) is 18.3 Å². The zero-order chi connectivity index (χ0) is 28.2. The van der Waals surface area contributed by atoms with E-state index in [9.17, 15) is 22.8 Å². The van der Waals surface area contributed by atoms with Gasteiger partial charge in [-0.15, -0.1) is 0 Å². The molecular weight excluding hydrogens is 537 g/mol. The molecule has 1 aromatic carbocycles. The Morgan fingerprint density at radius 3 is 2.56 bits per heavy atom. The lowest BCUT2D eigenvalue weighted by atomic mass is 9.97. The second-order valence-electron chi connectivity index (χ2n) is 8.36. The predicted octanol–water partition coefficient (Wildman–Crippen LogP) is 4.80. The summed E-state index contributed by atoms with van der Waals surface area (Å²) in [6.45, 7) is -0.0862. The minimum Gasteiger partial charge on any atom is -0.481 e. The van der Waals surface area contributed by atoms with E-state index in [-0.39, 0.29) is 30.2 Å². The Morgan fingerprint density at radius 2 is 1.90 bits per heavy atom. The first-order chi connectivity index (χ1) is 18.6. The fourth-order valence-electron chi connectivity index (χ4n) is 3.86. The minimum atomic E-state index is -4.59. The van der Waals surface area contributed by atoms with E-state index in [1.54, 1.807) is 36.4 Å². The Balaban J connectivity index is 1.81. The summed E-state index contributed by atoms with van der Waals surface area (Å²) < 4.78 is 45.5. The Labute approximate surface area is 225 Å². The van der Waals surface area contributed by atoms with Crippen molar-refractivity contribution in [2.24, 2.45) is 12.0 Å². The number of methoxy groups -OCH3 is 1. The van der Waals surface area contributed by atoms with Gasteiger partial charge in [-0.1, -0.05) is 29.8 Å². The van der Waals surface area contributed by atoms with Crippen molar-refractivity contribution < 1.29 is 22.7 Å². The van der Waals surface area contributed by atoms with Crippen molar-refractivity contribution >= 4 is 30.0 Å². The van der Waals surface area contributed by atoms with Crippen molar-refractivity contribution in [3.63, 3.8) is 0 Å². The van der Waals surface area contributed by atoms with E-state index < -0.39 is 17.4 Å². The van der Waals surface area contributed by atoms with Crippen molar-refractivity contribution in [1.82, 2.24) is 19.8 Å². The maximum Gasteiger partial charge on any atom is 0.433 e. The maximum absolute atomic E-state index is 13.4. The van der Waals surface area contributed by atoms with Crippen molar-refractivity contribution in [1.29, 1.82) is 0 Å². The molecule has 202 valence electrons. The number of ether oxygens (including phenoxy) is 1. The van der Waals surface area contributed by atoms with Gasteiger partial charge in [-0.3, -0.25) is 25.0 Å². The number of carbonyl (C=O) groups is 1. The molecule has 0 saturated carbocycles. The number of pyridine rings is 1. The third-order valence-electron chi connectivity index (χ3n) is 5.71. The highest BCUT2D eigenvalue weighted by molar-refractivity contribution is 6.30. The van der Waals surface area contributed by atoms with Gasteiger partial charge in [0.1, 0.15) is 5.70 Å². The molecule has 0 atom stereocenters. The molecule has 0 unspecified atom stereocenters. The first kappa shape index (κ1) is 27.6. The van der Waals surface area contributed by atoms with Crippen molar-refractivity contribution in [2.75, 3.05) is 19.1 Å². The summed E-state index contributed by atoms with van der Waals surface area (Å²) in [6.07, 6.45) is 0.742. The summed E-state index contributed by atoms with van der Waals surface area (Å²) in [5.41, 5.74) is 3.61. The molecular formula is C26H22ClF3N6O3. The fourth-order valence-corrected chi connectivity index (χ4v) is 3.99. The molecule has 39 heavy (non-hydrogen) atoms. The Morgan fingerprint density at radius 1 is 1.15 bits per heavy atom. The number of allylic oxidation sites excluding steroid dienone is 3. The average molecular weight is 559 g/mol. The van der Waals surface area contributed by atoms with Crippen molar-refractivity contribution in [3.8, 4) is 28.1 Å². The number of amides is 1. The molecule has 2 aromatic heterocycles. The summed E-state index contributed by atoms with van der Waals surface area (Å²) in [6, 6.07) is 9.91. The van der Waals surface area contributed by atoms with Gasteiger partial charge in [-0.05, 0) is 41.0 Å². The van der Waals surface area contributed by atoms with Gasteiger partial charge in [0.05, 0.1) is 19.2 Å². The van der Waals surface area contributed by atoms with Gasteiger partial charge in [0.15, 0.2) is 5.82 Å². The molecule has 0 radical (unpaired) electrons. The van der Waals surface area contributed by atoms with E-state index in [2.05, 4.69) is 20.5 Å². The van der Waals surface area contributed by atoms with Crippen LogP contribution in [-0.2, 0) is 11.8 Å². The Kier molecular flexibility index (Phi) is 8.15. The highest BCUT2D eigenvalue weighted by atomic mass is 35.5. The number of nitrogens with one attached hydrogen (secondary N) is 1. The number of aliphatic imine (C=N–C) groups is 1. The van der Waals surface area contributed by atoms with Crippen LogP contribution >= 0.6 is 11.6 Å². The van der Waals surface area contributed by atoms with E-state index in [0.717, 1.165) is 22.0 Å².